The van der Waals surface area contributed by atoms with Gasteiger partial charge in [-0.3, -0.25) is 4.79 Å². The van der Waals surface area contributed by atoms with Crippen LogP contribution in [0.25, 0.3) is 0 Å². The Morgan fingerprint density at radius 3 is 2.69 bits per heavy atom. The van der Waals surface area contributed by atoms with Gasteiger partial charge in [0.25, 0.3) is 5.91 Å². The lowest BCUT2D eigenvalue weighted by Crippen LogP contribution is -2.45. The monoisotopic (exact) mass is 358 g/mol. The van der Waals surface area contributed by atoms with Gasteiger partial charge in [-0.15, -0.1) is 0 Å². The van der Waals surface area contributed by atoms with Gasteiger partial charge in [0.05, 0.1) is 17.9 Å². The molecule has 2 aromatic rings. The molecule has 0 bridgehead atoms. The number of hydrogen-bond donors (Lipinski definition) is 1. The molecule has 0 unspecified atom stereocenters. The summed E-state index contributed by atoms with van der Waals surface area (Å²) in [6.07, 6.45) is 1.66. The number of amides is 1. The summed E-state index contributed by atoms with van der Waals surface area (Å²) < 4.78 is 20.3. The Bertz CT molecular complexity index is 789. The van der Waals surface area contributed by atoms with E-state index in [1.165, 1.54) is 12.3 Å². The molecule has 1 fully saturated rings. The standard InChI is InChI=1S/C19H23FN4O2/c1-12-10-24(11-13(2)26-12)18-5-4-15(8-16(18)20)9-22-19(25)17-6-7-21-14(3)23-17/h4-8,12-13H,9-11H2,1-3H3,(H,22,25)/t12-,13+. The molecule has 1 aromatic carbocycles. The molecule has 0 saturated carbocycles. The number of nitrogens with zero attached hydrogens (tertiary/aromatic N) is 3. The van der Waals surface area contributed by atoms with E-state index in [0.29, 0.717) is 35.9 Å². The van der Waals surface area contributed by atoms with Crippen LogP contribution in [0.1, 0.15) is 35.7 Å². The van der Waals surface area contributed by atoms with E-state index in [0.717, 1.165) is 0 Å². The normalized spacial score (nSPS) is 20.1. The van der Waals surface area contributed by atoms with Crippen LogP contribution in [-0.4, -0.2) is 41.2 Å². The number of morpholine rings is 1. The first-order valence-electron chi connectivity index (χ1n) is 8.69. The Labute approximate surface area is 152 Å². The SMILES string of the molecule is Cc1nccc(C(=O)NCc2ccc(N3C[C@@H](C)O[C@@H](C)C3)c(F)c2)n1. The minimum Gasteiger partial charge on any atom is -0.372 e. The van der Waals surface area contributed by atoms with Gasteiger partial charge in [0, 0.05) is 25.8 Å². The van der Waals surface area contributed by atoms with Gasteiger partial charge in [0.2, 0.25) is 0 Å². The quantitative estimate of drug-likeness (QED) is 0.909. The average Bonchev–Trinajstić information content (AvgIpc) is 2.59. The molecule has 2 atom stereocenters. The molecule has 1 aromatic heterocycles. The molecule has 6 nitrogen and oxygen atoms in total. The molecule has 7 heteroatoms. The van der Waals surface area contributed by atoms with E-state index in [2.05, 4.69) is 15.3 Å². The van der Waals surface area contributed by atoms with Crippen LogP contribution in [0, 0.1) is 12.7 Å². The summed E-state index contributed by atoms with van der Waals surface area (Å²) in [6.45, 7) is 7.24. The lowest BCUT2D eigenvalue weighted by atomic mass is 10.1. The van der Waals surface area contributed by atoms with Crippen molar-refractivity contribution in [2.45, 2.75) is 39.5 Å². The first-order chi connectivity index (χ1) is 12.4. The molecular formula is C19H23FN4O2. The molecule has 138 valence electrons. The maximum atomic E-state index is 14.6. The number of anilines is 1. The molecule has 1 amide bonds. The summed E-state index contributed by atoms with van der Waals surface area (Å²) >= 11 is 0. The summed E-state index contributed by atoms with van der Waals surface area (Å²) in [7, 11) is 0. The number of carbonyl (C=O) groups excluding carboxylic acids is 1. The number of nitrogens with one attached hydrogen (secondary N) is 1. The third-order valence-corrected chi connectivity index (χ3v) is 4.23. The van der Waals surface area contributed by atoms with Crippen LogP contribution in [0.15, 0.2) is 30.5 Å². The molecule has 1 saturated heterocycles. The van der Waals surface area contributed by atoms with Crippen molar-refractivity contribution < 1.29 is 13.9 Å². The zero-order chi connectivity index (χ0) is 18.7. The first kappa shape index (κ1) is 18.3. The Balaban J connectivity index is 1.65. The highest BCUT2D eigenvalue weighted by atomic mass is 19.1. The predicted molar refractivity (Wildman–Crippen MR) is 96.6 cm³/mol. The molecule has 1 N–H and O–H groups in total. The van der Waals surface area contributed by atoms with Gasteiger partial charge in [-0.2, -0.15) is 0 Å². The smallest absolute Gasteiger partial charge is 0.270 e. The van der Waals surface area contributed by atoms with Crippen LogP contribution in [0.5, 0.6) is 0 Å². The van der Waals surface area contributed by atoms with Gasteiger partial charge in [-0.25, -0.2) is 14.4 Å². The van der Waals surface area contributed by atoms with Crippen molar-refractivity contribution in [3.63, 3.8) is 0 Å². The molecule has 1 aliphatic rings. The lowest BCUT2D eigenvalue weighted by molar-refractivity contribution is -0.00539. The second-order valence-electron chi connectivity index (χ2n) is 6.62. The van der Waals surface area contributed by atoms with Crippen LogP contribution in [-0.2, 0) is 11.3 Å². The number of hydrogen-bond acceptors (Lipinski definition) is 5. The van der Waals surface area contributed by atoms with E-state index in [1.807, 2.05) is 24.8 Å². The number of ether oxygens (including phenoxy) is 1. The van der Waals surface area contributed by atoms with Gasteiger partial charge in [-0.05, 0) is 44.5 Å². The molecule has 0 spiro atoms. The Hall–Kier alpha value is -2.54. The molecule has 26 heavy (non-hydrogen) atoms. The zero-order valence-corrected chi connectivity index (χ0v) is 15.2. The molecule has 3 rings (SSSR count). The Morgan fingerprint density at radius 1 is 1.31 bits per heavy atom. The van der Waals surface area contributed by atoms with E-state index in [4.69, 9.17) is 4.74 Å². The number of aromatic nitrogens is 2. The maximum Gasteiger partial charge on any atom is 0.270 e. The van der Waals surface area contributed by atoms with E-state index >= 15 is 0 Å². The zero-order valence-electron chi connectivity index (χ0n) is 15.2. The lowest BCUT2D eigenvalue weighted by Gasteiger charge is -2.37. The van der Waals surface area contributed by atoms with Crippen molar-refractivity contribution in [3.05, 3.63) is 53.4 Å². The molecule has 1 aliphatic heterocycles. The molecule has 0 radical (unpaired) electrons. The number of benzene rings is 1. The number of halogens is 1. The highest BCUT2D eigenvalue weighted by Crippen LogP contribution is 2.24. The number of carbonyl (C=O) groups is 1. The van der Waals surface area contributed by atoms with Crippen molar-refractivity contribution in [1.82, 2.24) is 15.3 Å². The third-order valence-electron chi connectivity index (χ3n) is 4.23. The topological polar surface area (TPSA) is 67.4 Å². The van der Waals surface area contributed by atoms with Crippen molar-refractivity contribution in [2.75, 3.05) is 18.0 Å². The van der Waals surface area contributed by atoms with Crippen molar-refractivity contribution >= 4 is 11.6 Å². The maximum absolute atomic E-state index is 14.6. The van der Waals surface area contributed by atoms with Crippen molar-refractivity contribution in [1.29, 1.82) is 0 Å². The van der Waals surface area contributed by atoms with Crippen LogP contribution < -0.4 is 10.2 Å². The minimum atomic E-state index is -0.309. The van der Waals surface area contributed by atoms with Crippen LogP contribution in [0.2, 0.25) is 0 Å². The van der Waals surface area contributed by atoms with Gasteiger partial charge < -0.3 is 15.0 Å². The van der Waals surface area contributed by atoms with E-state index in [1.54, 1.807) is 19.1 Å². The summed E-state index contributed by atoms with van der Waals surface area (Å²) in [4.78, 5) is 22.2. The van der Waals surface area contributed by atoms with Crippen LogP contribution >= 0.6 is 0 Å². The summed E-state index contributed by atoms with van der Waals surface area (Å²) in [5.74, 6) is -0.0752. The van der Waals surface area contributed by atoms with Gasteiger partial charge in [0.1, 0.15) is 17.3 Å². The first-order valence-corrected chi connectivity index (χ1v) is 8.69. The summed E-state index contributed by atoms with van der Waals surface area (Å²) in [5.41, 5.74) is 1.55. The predicted octanol–water partition coefficient (Wildman–Crippen LogP) is 2.47. The highest BCUT2D eigenvalue weighted by Gasteiger charge is 2.24. The van der Waals surface area contributed by atoms with Crippen LogP contribution in [0.4, 0.5) is 10.1 Å². The number of rotatable bonds is 4. The van der Waals surface area contributed by atoms with Gasteiger partial charge in [0.15, 0.2) is 0 Å². The van der Waals surface area contributed by atoms with E-state index < -0.39 is 0 Å². The fourth-order valence-electron chi connectivity index (χ4n) is 3.15. The Morgan fingerprint density at radius 2 is 2.04 bits per heavy atom. The second-order valence-corrected chi connectivity index (χ2v) is 6.62. The van der Waals surface area contributed by atoms with Gasteiger partial charge in [-0.1, -0.05) is 6.07 Å². The van der Waals surface area contributed by atoms with Crippen LogP contribution in [0.3, 0.4) is 0 Å². The average molecular weight is 358 g/mol. The van der Waals surface area contributed by atoms with Gasteiger partial charge >= 0.3 is 0 Å². The highest BCUT2D eigenvalue weighted by molar-refractivity contribution is 5.92. The largest absolute Gasteiger partial charge is 0.372 e. The molecule has 0 aliphatic carbocycles. The second kappa shape index (κ2) is 7.78. The van der Waals surface area contributed by atoms with Crippen molar-refractivity contribution in [3.8, 4) is 0 Å². The van der Waals surface area contributed by atoms with E-state index in [-0.39, 0.29) is 30.5 Å². The van der Waals surface area contributed by atoms with Crippen molar-refractivity contribution in [2.24, 2.45) is 0 Å². The molecular weight excluding hydrogens is 335 g/mol. The summed E-state index contributed by atoms with van der Waals surface area (Å²) in [5, 5.41) is 2.75. The fraction of sp³-hybridized carbons (Fsp3) is 0.421. The minimum absolute atomic E-state index is 0.0634. The number of aryl methyl sites for hydroxylation is 1. The third kappa shape index (κ3) is 4.35. The fourth-order valence-corrected chi connectivity index (χ4v) is 3.15. The molecule has 2 heterocycles. The summed E-state index contributed by atoms with van der Waals surface area (Å²) in [6, 6.07) is 6.60. The Kier molecular flexibility index (Phi) is 5.46. The van der Waals surface area contributed by atoms with E-state index in [9.17, 15) is 9.18 Å².